The summed E-state index contributed by atoms with van der Waals surface area (Å²) in [6.07, 6.45) is 3.88. The van der Waals surface area contributed by atoms with Crippen LogP contribution in [-0.4, -0.2) is 49.7 Å². The summed E-state index contributed by atoms with van der Waals surface area (Å²) in [6, 6.07) is 14.5. The van der Waals surface area contributed by atoms with E-state index in [0.717, 1.165) is 55.8 Å². The van der Waals surface area contributed by atoms with E-state index in [1.54, 1.807) is 14.2 Å². The molecule has 0 aromatic heterocycles. The van der Waals surface area contributed by atoms with Crippen molar-refractivity contribution in [2.75, 3.05) is 27.3 Å². The molecule has 5 heteroatoms. The number of hydrogen-bond donors (Lipinski definition) is 1. The normalized spacial score (nSPS) is 22.7. The first kappa shape index (κ1) is 19.8. The molecule has 1 fully saturated rings. The number of fused-ring (bicyclic) bond motifs is 1. The monoisotopic (exact) mass is 394 g/mol. The summed E-state index contributed by atoms with van der Waals surface area (Å²) in [7, 11) is 3.32. The van der Waals surface area contributed by atoms with E-state index in [-0.39, 0.29) is 11.4 Å². The Balaban J connectivity index is 1.44. The molecule has 1 spiro atoms. The molecule has 1 N–H and O–H groups in total. The van der Waals surface area contributed by atoms with Gasteiger partial charge in [-0.3, -0.25) is 9.69 Å². The van der Waals surface area contributed by atoms with Crippen LogP contribution < -0.4 is 14.8 Å². The van der Waals surface area contributed by atoms with Crippen molar-refractivity contribution in [1.29, 1.82) is 0 Å². The van der Waals surface area contributed by atoms with Gasteiger partial charge in [0.15, 0.2) is 11.5 Å². The highest BCUT2D eigenvalue weighted by molar-refractivity contribution is 5.96. The molecular weight excluding hydrogens is 364 g/mol. The zero-order chi connectivity index (χ0) is 20.4. The number of ether oxygens (including phenoxy) is 2. The first-order valence-corrected chi connectivity index (χ1v) is 10.4. The van der Waals surface area contributed by atoms with Crippen molar-refractivity contribution < 1.29 is 14.3 Å². The molecule has 2 aromatic rings. The topological polar surface area (TPSA) is 50.8 Å². The minimum atomic E-state index is -0.123. The third-order valence-corrected chi connectivity index (χ3v) is 6.50. The average molecular weight is 395 g/mol. The number of hydrogen-bond acceptors (Lipinski definition) is 4. The van der Waals surface area contributed by atoms with Gasteiger partial charge < -0.3 is 14.8 Å². The molecule has 154 valence electrons. The van der Waals surface area contributed by atoms with Gasteiger partial charge in [0.1, 0.15) is 0 Å². The van der Waals surface area contributed by atoms with Crippen molar-refractivity contribution in [2.45, 2.75) is 44.2 Å². The van der Waals surface area contributed by atoms with Crippen molar-refractivity contribution >= 4 is 5.91 Å². The molecule has 1 saturated heterocycles. The summed E-state index contributed by atoms with van der Waals surface area (Å²) in [5.74, 6) is 1.60. The van der Waals surface area contributed by atoms with Crippen LogP contribution in [0.25, 0.3) is 0 Å². The van der Waals surface area contributed by atoms with Gasteiger partial charge in [0.2, 0.25) is 0 Å². The molecule has 0 unspecified atom stereocenters. The Hall–Kier alpha value is -2.53. The third-order valence-electron chi connectivity index (χ3n) is 6.50. The predicted octanol–water partition coefficient (Wildman–Crippen LogP) is 3.46. The Labute approximate surface area is 173 Å². The first-order chi connectivity index (χ1) is 14.0. The number of nitrogens with zero attached hydrogens (tertiary/aromatic N) is 1. The van der Waals surface area contributed by atoms with Crippen molar-refractivity contribution in [3.05, 3.63) is 59.2 Å². The molecule has 2 heterocycles. The smallest absolute Gasteiger partial charge is 0.252 e. The first-order valence-electron chi connectivity index (χ1n) is 10.4. The minimum Gasteiger partial charge on any atom is -0.493 e. The van der Waals surface area contributed by atoms with Gasteiger partial charge in [-0.15, -0.1) is 0 Å². The maximum atomic E-state index is 12.8. The lowest BCUT2D eigenvalue weighted by molar-refractivity contribution is 0.0899. The van der Waals surface area contributed by atoms with E-state index in [9.17, 15) is 4.79 Å². The van der Waals surface area contributed by atoms with Gasteiger partial charge in [-0.05, 0) is 61.9 Å². The Bertz CT molecular complexity index is 897. The number of nitrogens with one attached hydrogen (secondary N) is 1. The molecule has 0 saturated carbocycles. The maximum Gasteiger partial charge on any atom is 0.252 e. The van der Waals surface area contributed by atoms with Crippen LogP contribution in [0.3, 0.4) is 0 Å². The molecule has 2 aromatic carbocycles. The summed E-state index contributed by atoms with van der Waals surface area (Å²) in [6.45, 7) is 4.18. The van der Waals surface area contributed by atoms with Crippen LogP contribution in [-0.2, 0) is 12.8 Å². The minimum absolute atomic E-state index is 0.0764. The van der Waals surface area contributed by atoms with E-state index in [0.29, 0.717) is 6.04 Å². The van der Waals surface area contributed by atoms with Crippen LogP contribution in [0, 0.1) is 0 Å². The van der Waals surface area contributed by atoms with Crippen molar-refractivity contribution in [3.8, 4) is 11.5 Å². The van der Waals surface area contributed by atoms with Crippen LogP contribution in [0.2, 0.25) is 0 Å². The summed E-state index contributed by atoms with van der Waals surface area (Å²) in [4.78, 5) is 15.3. The molecule has 0 aliphatic carbocycles. The average Bonchev–Trinajstić information content (AvgIpc) is 3.10. The maximum absolute atomic E-state index is 12.8. The van der Waals surface area contributed by atoms with Gasteiger partial charge >= 0.3 is 0 Å². The molecule has 29 heavy (non-hydrogen) atoms. The number of likely N-dealkylation sites (tertiary alicyclic amines) is 1. The van der Waals surface area contributed by atoms with Crippen LogP contribution in [0.15, 0.2) is 42.5 Å². The zero-order valence-corrected chi connectivity index (χ0v) is 17.5. The SMILES string of the molecule is COc1ccc(C[C@H](C)N2CC[C@]3(CCc4ccccc4C(=O)N3)C2)cc1OC. The summed E-state index contributed by atoms with van der Waals surface area (Å²) < 4.78 is 10.8. The van der Waals surface area contributed by atoms with E-state index in [1.165, 1.54) is 11.1 Å². The molecule has 0 radical (unpaired) electrons. The van der Waals surface area contributed by atoms with Gasteiger partial charge in [-0.2, -0.15) is 0 Å². The van der Waals surface area contributed by atoms with Crippen molar-refractivity contribution in [3.63, 3.8) is 0 Å². The van der Waals surface area contributed by atoms with Crippen molar-refractivity contribution in [2.24, 2.45) is 0 Å². The lowest BCUT2D eigenvalue weighted by Crippen LogP contribution is -2.50. The van der Waals surface area contributed by atoms with Crippen LogP contribution in [0.1, 0.15) is 41.3 Å². The number of carbonyl (C=O) groups excluding carboxylic acids is 1. The Morgan fingerprint density at radius 1 is 1.10 bits per heavy atom. The van der Waals surface area contributed by atoms with Gasteiger partial charge in [-0.1, -0.05) is 24.3 Å². The Morgan fingerprint density at radius 3 is 2.69 bits per heavy atom. The predicted molar refractivity (Wildman–Crippen MR) is 114 cm³/mol. The molecule has 1 amide bonds. The largest absolute Gasteiger partial charge is 0.493 e. The highest BCUT2D eigenvalue weighted by Crippen LogP contribution is 2.33. The Kier molecular flexibility index (Phi) is 5.50. The van der Waals surface area contributed by atoms with E-state index in [2.05, 4.69) is 35.3 Å². The number of aryl methyl sites for hydroxylation is 1. The molecule has 4 rings (SSSR count). The fourth-order valence-corrected chi connectivity index (χ4v) is 4.77. The van der Waals surface area contributed by atoms with Crippen LogP contribution in [0.4, 0.5) is 0 Å². The van der Waals surface area contributed by atoms with E-state index in [4.69, 9.17) is 9.47 Å². The molecule has 2 aliphatic rings. The van der Waals surface area contributed by atoms with Gasteiger partial charge in [-0.25, -0.2) is 0 Å². The zero-order valence-electron chi connectivity index (χ0n) is 17.5. The Morgan fingerprint density at radius 2 is 1.90 bits per heavy atom. The lowest BCUT2D eigenvalue weighted by Gasteiger charge is -2.31. The quantitative estimate of drug-likeness (QED) is 0.844. The van der Waals surface area contributed by atoms with E-state index in [1.807, 2.05) is 24.3 Å². The van der Waals surface area contributed by atoms with Crippen molar-refractivity contribution in [1.82, 2.24) is 10.2 Å². The van der Waals surface area contributed by atoms with Gasteiger partial charge in [0.25, 0.3) is 5.91 Å². The fraction of sp³-hybridized carbons (Fsp3) is 0.458. The van der Waals surface area contributed by atoms with Gasteiger partial charge in [0.05, 0.1) is 19.8 Å². The molecule has 2 atom stereocenters. The second-order valence-electron chi connectivity index (χ2n) is 8.35. The summed E-state index contributed by atoms with van der Waals surface area (Å²) in [5.41, 5.74) is 3.11. The molecule has 0 bridgehead atoms. The number of carbonyl (C=O) groups is 1. The second-order valence-corrected chi connectivity index (χ2v) is 8.35. The summed E-state index contributed by atoms with van der Waals surface area (Å²) >= 11 is 0. The number of benzene rings is 2. The standard InChI is InChI=1S/C24H30N2O3/c1-17(14-18-8-9-21(28-2)22(15-18)29-3)26-13-12-24(16-26)11-10-19-6-4-5-7-20(19)23(27)25-24/h4-9,15,17H,10-14,16H2,1-3H3,(H,25,27)/t17-,24+/m0/s1. The number of rotatable bonds is 5. The fourth-order valence-electron chi connectivity index (χ4n) is 4.77. The second kappa shape index (κ2) is 8.07. The third kappa shape index (κ3) is 3.97. The highest BCUT2D eigenvalue weighted by Gasteiger charge is 2.42. The van der Waals surface area contributed by atoms with E-state index >= 15 is 0 Å². The molecule has 2 aliphatic heterocycles. The summed E-state index contributed by atoms with van der Waals surface area (Å²) in [5, 5.41) is 3.38. The number of methoxy groups -OCH3 is 2. The molecular formula is C24H30N2O3. The highest BCUT2D eigenvalue weighted by atomic mass is 16.5. The van der Waals surface area contributed by atoms with Gasteiger partial charge in [0, 0.05) is 24.7 Å². The number of amides is 1. The van der Waals surface area contributed by atoms with E-state index < -0.39 is 0 Å². The molecule has 5 nitrogen and oxygen atoms in total. The lowest BCUT2D eigenvalue weighted by atomic mass is 9.91. The van der Waals surface area contributed by atoms with Crippen LogP contribution >= 0.6 is 0 Å². The van der Waals surface area contributed by atoms with Crippen LogP contribution in [0.5, 0.6) is 11.5 Å².